The topological polar surface area (TPSA) is 31.4 Å². The van der Waals surface area contributed by atoms with Crippen LogP contribution in [0.25, 0.3) is 22.0 Å². The Morgan fingerprint density at radius 2 is 1.74 bits per heavy atom. The number of methoxy groups -OCH3 is 2. The Balaban J connectivity index is 1.97. The predicted octanol–water partition coefficient (Wildman–Crippen LogP) is 4.80. The van der Waals surface area contributed by atoms with Gasteiger partial charge in [0.1, 0.15) is 0 Å². The van der Waals surface area contributed by atoms with Crippen LogP contribution in [0.4, 0.5) is 0 Å². The fourth-order valence-corrected chi connectivity index (χ4v) is 3.13. The molecule has 0 spiro atoms. The van der Waals surface area contributed by atoms with Crippen molar-refractivity contribution in [1.29, 1.82) is 0 Å². The summed E-state index contributed by atoms with van der Waals surface area (Å²) in [6, 6.07) is 14.7. The van der Waals surface area contributed by atoms with E-state index in [4.69, 9.17) is 9.47 Å². The second-order valence-corrected chi connectivity index (χ2v) is 5.98. The average Bonchev–Trinajstić information content (AvgIpc) is 3.45. The molecule has 3 heteroatoms. The fraction of sp³-hybridized carbons (Fsp3) is 0.250. The quantitative estimate of drug-likeness (QED) is 0.694. The summed E-state index contributed by atoms with van der Waals surface area (Å²) >= 11 is 0. The third kappa shape index (κ3) is 2.52. The maximum absolute atomic E-state index is 5.48. The van der Waals surface area contributed by atoms with E-state index in [1.54, 1.807) is 14.2 Å². The lowest BCUT2D eigenvalue weighted by molar-refractivity contribution is 0.356. The number of hydrogen-bond donors (Lipinski definition) is 0. The monoisotopic (exact) mass is 305 g/mol. The highest BCUT2D eigenvalue weighted by Gasteiger charge is 2.26. The van der Waals surface area contributed by atoms with Gasteiger partial charge in [-0.15, -0.1) is 0 Å². The van der Waals surface area contributed by atoms with E-state index >= 15 is 0 Å². The fourth-order valence-electron chi connectivity index (χ4n) is 3.13. The van der Waals surface area contributed by atoms with Crippen LogP contribution >= 0.6 is 0 Å². The van der Waals surface area contributed by atoms with Crippen molar-refractivity contribution in [1.82, 2.24) is 4.98 Å². The summed E-state index contributed by atoms with van der Waals surface area (Å²) in [6.07, 6.45) is 4.36. The van der Waals surface area contributed by atoms with Gasteiger partial charge in [0, 0.05) is 11.8 Å². The molecule has 3 aromatic rings. The summed E-state index contributed by atoms with van der Waals surface area (Å²) < 4.78 is 10.9. The highest BCUT2D eigenvalue weighted by atomic mass is 16.5. The molecule has 1 aliphatic rings. The lowest BCUT2D eigenvalue weighted by Gasteiger charge is -2.14. The van der Waals surface area contributed by atoms with Gasteiger partial charge in [0.05, 0.1) is 19.9 Å². The molecule has 0 saturated heterocycles. The minimum atomic E-state index is 0.652. The molecule has 1 fully saturated rings. The summed E-state index contributed by atoms with van der Waals surface area (Å²) in [5.74, 6) is 2.20. The molecule has 0 radical (unpaired) electrons. The normalized spacial score (nSPS) is 14.0. The third-order valence-electron chi connectivity index (χ3n) is 4.47. The van der Waals surface area contributed by atoms with Gasteiger partial charge in [-0.05, 0) is 71.5 Å². The Bertz CT molecular complexity index is 854. The number of aromatic nitrogens is 1. The van der Waals surface area contributed by atoms with Crippen molar-refractivity contribution in [2.75, 3.05) is 14.2 Å². The van der Waals surface area contributed by atoms with Gasteiger partial charge in [0.25, 0.3) is 0 Å². The molecule has 0 unspecified atom stereocenters. The molecule has 0 bridgehead atoms. The van der Waals surface area contributed by atoms with Gasteiger partial charge >= 0.3 is 0 Å². The van der Waals surface area contributed by atoms with Crippen LogP contribution in [0.1, 0.15) is 24.3 Å². The molecular formula is C20H19NO2. The lowest BCUT2D eigenvalue weighted by atomic mass is 9.96. The van der Waals surface area contributed by atoms with Crippen LogP contribution in [-0.2, 0) is 0 Å². The molecule has 0 N–H and O–H groups in total. The van der Waals surface area contributed by atoms with Gasteiger partial charge in [-0.2, -0.15) is 0 Å². The zero-order chi connectivity index (χ0) is 15.8. The van der Waals surface area contributed by atoms with Gasteiger partial charge < -0.3 is 9.47 Å². The second kappa shape index (κ2) is 5.58. The molecule has 116 valence electrons. The third-order valence-corrected chi connectivity index (χ3v) is 4.47. The Morgan fingerprint density at radius 3 is 2.39 bits per heavy atom. The number of hydrogen-bond acceptors (Lipinski definition) is 3. The largest absolute Gasteiger partial charge is 0.493 e. The van der Waals surface area contributed by atoms with E-state index in [0.717, 1.165) is 22.8 Å². The molecule has 3 nitrogen and oxygen atoms in total. The van der Waals surface area contributed by atoms with E-state index in [0.29, 0.717) is 5.92 Å². The van der Waals surface area contributed by atoms with Gasteiger partial charge in [-0.1, -0.05) is 6.07 Å². The van der Waals surface area contributed by atoms with Crippen LogP contribution in [0.2, 0.25) is 0 Å². The number of nitrogens with zero attached hydrogens (tertiary/aromatic N) is 1. The van der Waals surface area contributed by atoms with Crippen molar-refractivity contribution >= 4 is 10.8 Å². The standard InChI is InChI=1S/C20H19NO2/c1-22-19-11-14-9-15(18-5-3-4-8-21-18)10-16(13-6-7-13)17(14)12-20(19)23-2/h3-5,8-13H,6-7H2,1-2H3. The molecular weight excluding hydrogens is 286 g/mol. The van der Waals surface area contributed by atoms with Gasteiger partial charge in [-0.25, -0.2) is 0 Å². The number of rotatable bonds is 4. The zero-order valence-electron chi connectivity index (χ0n) is 13.4. The zero-order valence-corrected chi connectivity index (χ0v) is 13.4. The van der Waals surface area contributed by atoms with Crippen molar-refractivity contribution in [3.05, 3.63) is 54.2 Å². The van der Waals surface area contributed by atoms with Crippen LogP contribution in [0.3, 0.4) is 0 Å². The summed E-state index contributed by atoms with van der Waals surface area (Å²) in [5.41, 5.74) is 3.56. The van der Waals surface area contributed by atoms with Crippen molar-refractivity contribution in [3.63, 3.8) is 0 Å². The van der Waals surface area contributed by atoms with Crippen LogP contribution in [0.15, 0.2) is 48.7 Å². The Morgan fingerprint density at radius 1 is 0.957 bits per heavy atom. The van der Waals surface area contributed by atoms with E-state index < -0.39 is 0 Å². The van der Waals surface area contributed by atoms with E-state index in [9.17, 15) is 0 Å². The van der Waals surface area contributed by atoms with Crippen LogP contribution in [0, 0.1) is 0 Å². The van der Waals surface area contributed by atoms with E-state index in [2.05, 4.69) is 35.3 Å². The van der Waals surface area contributed by atoms with Crippen molar-refractivity contribution < 1.29 is 9.47 Å². The summed E-state index contributed by atoms with van der Waals surface area (Å²) in [5, 5.41) is 2.43. The van der Waals surface area contributed by atoms with Gasteiger partial charge in [0.2, 0.25) is 0 Å². The Labute approximate surface area is 135 Å². The predicted molar refractivity (Wildman–Crippen MR) is 92.3 cm³/mol. The molecule has 0 atom stereocenters. The van der Waals surface area contributed by atoms with Crippen LogP contribution in [-0.4, -0.2) is 19.2 Å². The molecule has 2 aromatic carbocycles. The average molecular weight is 305 g/mol. The van der Waals surface area contributed by atoms with E-state index in [1.165, 1.54) is 29.2 Å². The summed E-state index contributed by atoms with van der Waals surface area (Å²) in [6.45, 7) is 0. The van der Waals surface area contributed by atoms with Gasteiger partial charge in [-0.3, -0.25) is 4.98 Å². The van der Waals surface area contributed by atoms with E-state index in [1.807, 2.05) is 18.3 Å². The maximum Gasteiger partial charge on any atom is 0.161 e. The molecule has 1 aliphatic carbocycles. The van der Waals surface area contributed by atoms with Crippen molar-refractivity contribution in [2.45, 2.75) is 18.8 Å². The maximum atomic E-state index is 5.48. The number of fused-ring (bicyclic) bond motifs is 1. The first-order valence-electron chi connectivity index (χ1n) is 7.91. The number of pyridine rings is 1. The second-order valence-electron chi connectivity index (χ2n) is 5.98. The lowest BCUT2D eigenvalue weighted by Crippen LogP contribution is -1.93. The molecule has 1 heterocycles. The van der Waals surface area contributed by atoms with Crippen LogP contribution in [0.5, 0.6) is 11.5 Å². The molecule has 1 aromatic heterocycles. The smallest absolute Gasteiger partial charge is 0.161 e. The SMILES string of the molecule is COc1cc2cc(-c3ccccn3)cc(C3CC3)c2cc1OC. The van der Waals surface area contributed by atoms with Gasteiger partial charge in [0.15, 0.2) is 11.5 Å². The van der Waals surface area contributed by atoms with Crippen molar-refractivity contribution in [2.24, 2.45) is 0 Å². The number of ether oxygens (including phenoxy) is 2. The molecule has 0 aliphatic heterocycles. The summed E-state index contributed by atoms with van der Waals surface area (Å²) in [7, 11) is 3.36. The van der Waals surface area contributed by atoms with Crippen molar-refractivity contribution in [3.8, 4) is 22.8 Å². The highest BCUT2D eigenvalue weighted by Crippen LogP contribution is 2.46. The molecule has 0 amide bonds. The Hall–Kier alpha value is -2.55. The molecule has 23 heavy (non-hydrogen) atoms. The number of benzene rings is 2. The Kier molecular flexibility index (Phi) is 3.41. The first kappa shape index (κ1) is 14.1. The van der Waals surface area contributed by atoms with E-state index in [-0.39, 0.29) is 0 Å². The first-order chi connectivity index (χ1) is 11.3. The highest BCUT2D eigenvalue weighted by molar-refractivity contribution is 5.93. The van der Waals surface area contributed by atoms with Crippen LogP contribution < -0.4 is 9.47 Å². The summed E-state index contributed by atoms with van der Waals surface area (Å²) in [4.78, 5) is 4.50. The molecule has 1 saturated carbocycles. The minimum Gasteiger partial charge on any atom is -0.493 e. The minimum absolute atomic E-state index is 0.652. The first-order valence-corrected chi connectivity index (χ1v) is 7.91. The molecule has 4 rings (SSSR count).